The van der Waals surface area contributed by atoms with Crippen molar-refractivity contribution in [1.82, 2.24) is 0 Å². The second-order valence-electron chi connectivity index (χ2n) is 9.49. The van der Waals surface area contributed by atoms with E-state index in [2.05, 4.69) is 144 Å². The summed E-state index contributed by atoms with van der Waals surface area (Å²) in [6, 6.07) is 48.8. The summed E-state index contributed by atoms with van der Waals surface area (Å²) in [5, 5.41) is 6.98. The summed E-state index contributed by atoms with van der Waals surface area (Å²) in [7, 11) is 0. The number of hydrazone groups is 1. The number of rotatable bonds is 10. The first-order chi connectivity index (χ1) is 18.7. The molecular weight excluding hydrogens is 462 g/mol. The summed E-state index contributed by atoms with van der Waals surface area (Å²) in [5.74, 6) is 0. The molecule has 5 aromatic carbocycles. The van der Waals surface area contributed by atoms with Crippen LogP contribution in [0.25, 0.3) is 0 Å². The van der Waals surface area contributed by atoms with Gasteiger partial charge < -0.3 is 4.90 Å². The molecule has 0 amide bonds. The number of anilines is 2. The molecule has 0 saturated heterocycles. The molecule has 0 N–H and O–H groups in total. The number of aryl methyl sites for hydroxylation is 1. The third-order valence-corrected chi connectivity index (χ3v) is 6.62. The molecule has 0 heterocycles. The average Bonchev–Trinajstić information content (AvgIpc) is 2.97. The van der Waals surface area contributed by atoms with Gasteiger partial charge in [-0.3, -0.25) is 5.01 Å². The van der Waals surface area contributed by atoms with Crippen molar-refractivity contribution in [3.8, 4) is 0 Å². The van der Waals surface area contributed by atoms with E-state index in [1.807, 2.05) is 18.3 Å². The lowest BCUT2D eigenvalue weighted by Crippen LogP contribution is -2.22. The Hall–Kier alpha value is -4.63. The number of hydrogen-bond acceptors (Lipinski definition) is 3. The molecule has 188 valence electrons. The van der Waals surface area contributed by atoms with Crippen LogP contribution in [0.5, 0.6) is 0 Å². The summed E-state index contributed by atoms with van der Waals surface area (Å²) >= 11 is 0. The Morgan fingerprint density at radius 3 is 1.50 bits per heavy atom. The van der Waals surface area contributed by atoms with Crippen molar-refractivity contribution < 1.29 is 0 Å². The molecule has 5 rings (SSSR count). The topological polar surface area (TPSA) is 18.8 Å². The standard InChI is InChI=1S/C35H33N3/c1-29-24-35(37(26-30-14-6-2-7-15-30)27-31-16-8-3-9-17-31)23-22-33(29)25-36-38(34-20-12-5-13-21-34)28-32-18-10-4-11-19-32/h2-25H,26-28H2,1H3/b36-25+. The van der Waals surface area contributed by atoms with Crippen LogP contribution in [-0.2, 0) is 19.6 Å². The van der Waals surface area contributed by atoms with Crippen molar-refractivity contribution in [1.29, 1.82) is 0 Å². The molecule has 0 saturated carbocycles. The molecule has 0 radical (unpaired) electrons. The molecule has 0 aliphatic carbocycles. The molecule has 38 heavy (non-hydrogen) atoms. The van der Waals surface area contributed by atoms with E-state index in [1.54, 1.807) is 0 Å². The normalized spacial score (nSPS) is 11.0. The highest BCUT2D eigenvalue weighted by molar-refractivity contribution is 5.83. The summed E-state index contributed by atoms with van der Waals surface area (Å²) in [4.78, 5) is 2.43. The summed E-state index contributed by atoms with van der Waals surface area (Å²) in [6.45, 7) is 4.57. The molecule has 0 spiro atoms. The maximum atomic E-state index is 4.93. The van der Waals surface area contributed by atoms with E-state index >= 15 is 0 Å². The Balaban J connectivity index is 1.39. The molecular formula is C35H33N3. The van der Waals surface area contributed by atoms with Crippen LogP contribution in [0.4, 0.5) is 11.4 Å². The molecule has 0 aliphatic rings. The van der Waals surface area contributed by atoms with Crippen LogP contribution >= 0.6 is 0 Å². The molecule has 0 unspecified atom stereocenters. The van der Waals surface area contributed by atoms with Gasteiger partial charge in [0.15, 0.2) is 0 Å². The van der Waals surface area contributed by atoms with Crippen LogP contribution in [0, 0.1) is 6.92 Å². The fourth-order valence-electron chi connectivity index (χ4n) is 4.53. The molecule has 0 fully saturated rings. The Labute approximate surface area is 226 Å². The first-order valence-electron chi connectivity index (χ1n) is 13.1. The molecule has 5 aromatic rings. The first-order valence-corrected chi connectivity index (χ1v) is 13.1. The van der Waals surface area contributed by atoms with Gasteiger partial charge in [0.2, 0.25) is 0 Å². The average molecular weight is 496 g/mol. The highest BCUT2D eigenvalue weighted by Crippen LogP contribution is 2.24. The van der Waals surface area contributed by atoms with Gasteiger partial charge in [0, 0.05) is 18.8 Å². The summed E-state index contributed by atoms with van der Waals surface area (Å²) in [6.07, 6.45) is 1.98. The first kappa shape index (κ1) is 25.0. The van der Waals surface area contributed by atoms with E-state index in [0.29, 0.717) is 6.54 Å². The number of benzene rings is 5. The van der Waals surface area contributed by atoms with Crippen molar-refractivity contribution in [2.75, 3.05) is 9.91 Å². The predicted octanol–water partition coefficient (Wildman–Crippen LogP) is 8.24. The SMILES string of the molecule is Cc1cc(N(Cc2ccccc2)Cc2ccccc2)ccc1/C=N/N(Cc1ccccc1)c1ccccc1. The lowest BCUT2D eigenvalue weighted by Gasteiger charge is -2.26. The minimum absolute atomic E-state index is 0.709. The van der Waals surface area contributed by atoms with Gasteiger partial charge in [-0.2, -0.15) is 5.10 Å². The Bertz CT molecular complexity index is 1390. The van der Waals surface area contributed by atoms with Gasteiger partial charge in [0.05, 0.1) is 18.4 Å². The molecule has 0 bridgehead atoms. The van der Waals surface area contributed by atoms with Crippen LogP contribution < -0.4 is 9.91 Å². The van der Waals surface area contributed by atoms with E-state index in [-0.39, 0.29) is 0 Å². The molecule has 0 aromatic heterocycles. The van der Waals surface area contributed by atoms with Gasteiger partial charge in [-0.1, -0.05) is 115 Å². The smallest absolute Gasteiger partial charge is 0.0666 e. The van der Waals surface area contributed by atoms with Crippen molar-refractivity contribution >= 4 is 17.6 Å². The lowest BCUT2D eigenvalue weighted by atomic mass is 10.1. The number of nitrogens with zero attached hydrogens (tertiary/aromatic N) is 3. The van der Waals surface area contributed by atoms with Crippen molar-refractivity contribution in [2.45, 2.75) is 26.6 Å². The minimum atomic E-state index is 0.709. The van der Waals surface area contributed by atoms with E-state index in [0.717, 1.165) is 24.3 Å². The second-order valence-corrected chi connectivity index (χ2v) is 9.49. The van der Waals surface area contributed by atoms with Crippen LogP contribution in [0.2, 0.25) is 0 Å². The monoisotopic (exact) mass is 495 g/mol. The van der Waals surface area contributed by atoms with E-state index in [9.17, 15) is 0 Å². The fourth-order valence-corrected chi connectivity index (χ4v) is 4.53. The Morgan fingerprint density at radius 2 is 1.00 bits per heavy atom. The second kappa shape index (κ2) is 12.6. The highest BCUT2D eigenvalue weighted by atomic mass is 15.4. The zero-order chi connectivity index (χ0) is 26.0. The van der Waals surface area contributed by atoms with E-state index < -0.39 is 0 Å². The Kier molecular flexibility index (Phi) is 8.27. The zero-order valence-corrected chi connectivity index (χ0v) is 21.8. The largest absolute Gasteiger partial charge is 0.363 e. The number of para-hydroxylation sites is 1. The minimum Gasteiger partial charge on any atom is -0.363 e. The van der Waals surface area contributed by atoms with Gasteiger partial charge in [-0.25, -0.2) is 0 Å². The highest BCUT2D eigenvalue weighted by Gasteiger charge is 2.11. The van der Waals surface area contributed by atoms with Gasteiger partial charge in [-0.15, -0.1) is 0 Å². The molecule has 3 heteroatoms. The Morgan fingerprint density at radius 1 is 0.526 bits per heavy atom. The molecule has 0 atom stereocenters. The van der Waals surface area contributed by atoms with Crippen LogP contribution in [0.1, 0.15) is 27.8 Å². The third kappa shape index (κ3) is 6.77. The zero-order valence-electron chi connectivity index (χ0n) is 21.8. The van der Waals surface area contributed by atoms with E-state index in [4.69, 9.17) is 5.10 Å². The predicted molar refractivity (Wildman–Crippen MR) is 161 cm³/mol. The maximum absolute atomic E-state index is 4.93. The van der Waals surface area contributed by atoms with E-state index in [1.165, 1.54) is 27.9 Å². The van der Waals surface area contributed by atoms with Crippen LogP contribution in [-0.4, -0.2) is 6.21 Å². The van der Waals surface area contributed by atoms with Gasteiger partial charge >= 0.3 is 0 Å². The summed E-state index contributed by atoms with van der Waals surface area (Å²) < 4.78 is 0. The van der Waals surface area contributed by atoms with Gasteiger partial charge in [0.25, 0.3) is 0 Å². The summed E-state index contributed by atoms with van der Waals surface area (Å²) in [5.41, 5.74) is 8.40. The quantitative estimate of drug-likeness (QED) is 0.143. The maximum Gasteiger partial charge on any atom is 0.0666 e. The molecule has 0 aliphatic heterocycles. The van der Waals surface area contributed by atoms with Crippen LogP contribution in [0.3, 0.4) is 0 Å². The molecule has 3 nitrogen and oxygen atoms in total. The van der Waals surface area contributed by atoms with Gasteiger partial charge in [-0.05, 0) is 59.0 Å². The van der Waals surface area contributed by atoms with Crippen LogP contribution in [0.15, 0.2) is 145 Å². The fraction of sp³-hybridized carbons (Fsp3) is 0.114. The lowest BCUT2D eigenvalue weighted by molar-refractivity contribution is 0.799. The third-order valence-electron chi connectivity index (χ3n) is 6.62. The van der Waals surface area contributed by atoms with Gasteiger partial charge in [0.1, 0.15) is 0 Å². The van der Waals surface area contributed by atoms with Crippen molar-refractivity contribution in [3.63, 3.8) is 0 Å². The van der Waals surface area contributed by atoms with Crippen molar-refractivity contribution in [3.05, 3.63) is 167 Å². The number of hydrogen-bond donors (Lipinski definition) is 0. The van der Waals surface area contributed by atoms with Crippen molar-refractivity contribution in [2.24, 2.45) is 5.10 Å².